The topological polar surface area (TPSA) is 81.5 Å². The van der Waals surface area contributed by atoms with Gasteiger partial charge in [0.15, 0.2) is 0 Å². The Morgan fingerprint density at radius 3 is 2.54 bits per heavy atom. The molecule has 7 nitrogen and oxygen atoms in total. The van der Waals surface area contributed by atoms with Crippen LogP contribution in [0.1, 0.15) is 34.7 Å². The van der Waals surface area contributed by atoms with Crippen molar-refractivity contribution in [3.63, 3.8) is 0 Å². The third-order valence-corrected chi connectivity index (χ3v) is 7.00. The zero-order valence-electron chi connectivity index (χ0n) is 14.6. The number of halogens is 1. The van der Waals surface area contributed by atoms with Crippen LogP contribution in [0.25, 0.3) is 0 Å². The maximum Gasteiger partial charge on any atom is 0.337 e. The van der Waals surface area contributed by atoms with Gasteiger partial charge in [-0.3, -0.25) is 4.68 Å². The maximum absolute atomic E-state index is 12.9. The highest BCUT2D eigenvalue weighted by Gasteiger charge is 2.32. The number of aryl methyl sites for hydroxylation is 1. The van der Waals surface area contributed by atoms with E-state index in [4.69, 9.17) is 11.6 Å². The molecule has 0 atom stereocenters. The number of nitrogens with zero attached hydrogens (tertiary/aromatic N) is 3. The van der Waals surface area contributed by atoms with Crippen LogP contribution in [0, 0.1) is 0 Å². The minimum atomic E-state index is -3.71. The predicted molar refractivity (Wildman–Crippen MR) is 96.7 cm³/mol. The number of esters is 1. The highest BCUT2D eigenvalue weighted by atomic mass is 35.5. The molecule has 1 aliphatic heterocycles. The summed E-state index contributed by atoms with van der Waals surface area (Å²) < 4.78 is 33.6. The van der Waals surface area contributed by atoms with Crippen LogP contribution in [-0.4, -0.2) is 48.7 Å². The van der Waals surface area contributed by atoms with Gasteiger partial charge in [-0.05, 0) is 42.5 Å². The number of aromatic nitrogens is 2. The van der Waals surface area contributed by atoms with E-state index in [-0.39, 0.29) is 15.5 Å². The van der Waals surface area contributed by atoms with Crippen molar-refractivity contribution in [3.8, 4) is 0 Å². The SMILES string of the molecule is COC(=O)c1ccc(S(=O)(=O)N2CCC(c3cnn(C)c3)CC2)c(Cl)c1. The summed E-state index contributed by atoms with van der Waals surface area (Å²) in [5.74, 6) is -0.263. The van der Waals surface area contributed by atoms with Gasteiger partial charge in [0.2, 0.25) is 10.0 Å². The van der Waals surface area contributed by atoms with Crippen molar-refractivity contribution in [1.82, 2.24) is 14.1 Å². The van der Waals surface area contributed by atoms with Gasteiger partial charge >= 0.3 is 5.97 Å². The number of carbonyl (C=O) groups excluding carboxylic acids is 1. The molecule has 0 spiro atoms. The molecule has 1 aliphatic rings. The van der Waals surface area contributed by atoms with E-state index >= 15 is 0 Å². The summed E-state index contributed by atoms with van der Waals surface area (Å²) in [6.45, 7) is 0.827. The molecule has 0 unspecified atom stereocenters. The average Bonchev–Trinajstić information content (AvgIpc) is 3.07. The molecule has 1 saturated heterocycles. The number of methoxy groups -OCH3 is 1. The molecule has 2 heterocycles. The van der Waals surface area contributed by atoms with Crippen molar-refractivity contribution in [1.29, 1.82) is 0 Å². The van der Waals surface area contributed by atoms with Crippen molar-refractivity contribution in [2.24, 2.45) is 7.05 Å². The number of benzene rings is 1. The van der Waals surface area contributed by atoms with Crippen LogP contribution in [0.15, 0.2) is 35.5 Å². The summed E-state index contributed by atoms with van der Waals surface area (Å²) >= 11 is 6.14. The van der Waals surface area contributed by atoms with E-state index in [0.717, 1.165) is 18.4 Å². The monoisotopic (exact) mass is 397 g/mol. The van der Waals surface area contributed by atoms with E-state index in [1.807, 2.05) is 19.4 Å². The van der Waals surface area contributed by atoms with Crippen molar-refractivity contribution in [2.45, 2.75) is 23.7 Å². The minimum absolute atomic E-state index is 0.00616. The van der Waals surface area contributed by atoms with Gasteiger partial charge in [-0.25, -0.2) is 13.2 Å². The molecule has 2 aromatic rings. The lowest BCUT2D eigenvalue weighted by molar-refractivity contribution is 0.0600. The third-order valence-electron chi connectivity index (χ3n) is 4.62. The lowest BCUT2D eigenvalue weighted by Gasteiger charge is -2.31. The van der Waals surface area contributed by atoms with Gasteiger partial charge in [0.05, 0.1) is 23.9 Å². The van der Waals surface area contributed by atoms with Gasteiger partial charge in [0, 0.05) is 26.3 Å². The lowest BCUT2D eigenvalue weighted by Crippen LogP contribution is -2.38. The van der Waals surface area contributed by atoms with Gasteiger partial charge < -0.3 is 4.74 Å². The van der Waals surface area contributed by atoms with Crippen LogP contribution in [-0.2, 0) is 21.8 Å². The molecule has 140 valence electrons. The van der Waals surface area contributed by atoms with Gasteiger partial charge in [-0.2, -0.15) is 9.40 Å². The maximum atomic E-state index is 12.9. The summed E-state index contributed by atoms with van der Waals surface area (Å²) in [5.41, 5.74) is 1.34. The van der Waals surface area contributed by atoms with Crippen LogP contribution < -0.4 is 0 Å². The van der Waals surface area contributed by atoms with Crippen LogP contribution in [0.4, 0.5) is 0 Å². The molecular formula is C17H20ClN3O4S. The molecule has 1 aromatic carbocycles. The highest BCUT2D eigenvalue weighted by molar-refractivity contribution is 7.89. The number of sulfonamides is 1. The fraction of sp³-hybridized carbons (Fsp3) is 0.412. The largest absolute Gasteiger partial charge is 0.465 e. The fourth-order valence-corrected chi connectivity index (χ4v) is 5.16. The molecular weight excluding hydrogens is 378 g/mol. The Labute approximate surface area is 157 Å². The smallest absolute Gasteiger partial charge is 0.337 e. The number of hydrogen-bond acceptors (Lipinski definition) is 5. The van der Waals surface area contributed by atoms with E-state index < -0.39 is 16.0 Å². The second-order valence-corrected chi connectivity index (χ2v) is 8.58. The second-order valence-electron chi connectivity index (χ2n) is 6.26. The van der Waals surface area contributed by atoms with E-state index in [2.05, 4.69) is 9.84 Å². The first kappa shape index (κ1) is 18.9. The summed E-state index contributed by atoms with van der Waals surface area (Å²) in [5, 5.41) is 4.19. The summed E-state index contributed by atoms with van der Waals surface area (Å²) in [6, 6.07) is 4.09. The summed E-state index contributed by atoms with van der Waals surface area (Å²) in [4.78, 5) is 11.6. The number of piperidine rings is 1. The Morgan fingerprint density at radius 2 is 2.00 bits per heavy atom. The van der Waals surface area contributed by atoms with Crippen LogP contribution in [0.3, 0.4) is 0 Å². The van der Waals surface area contributed by atoms with Gasteiger partial charge in [-0.1, -0.05) is 11.6 Å². The lowest BCUT2D eigenvalue weighted by atomic mass is 9.93. The Bertz CT molecular complexity index is 918. The molecule has 0 saturated carbocycles. The van der Waals surface area contributed by atoms with Crippen LogP contribution in [0.2, 0.25) is 5.02 Å². The standard InChI is InChI=1S/C17H20ClN3O4S/c1-20-11-14(10-19-20)12-5-7-21(8-6-12)26(23,24)16-4-3-13(9-15(16)18)17(22)25-2/h3-4,9-12H,5-8H2,1-2H3. The Hall–Kier alpha value is -1.90. The third kappa shape index (κ3) is 3.62. The fourth-order valence-electron chi connectivity index (χ4n) is 3.17. The summed E-state index contributed by atoms with van der Waals surface area (Å²) in [7, 11) is -0.592. The normalized spacial score (nSPS) is 16.6. The molecule has 1 aromatic heterocycles. The zero-order chi connectivity index (χ0) is 18.9. The van der Waals surface area contributed by atoms with Crippen LogP contribution >= 0.6 is 11.6 Å². The predicted octanol–water partition coefficient (Wildman–Crippen LogP) is 2.43. The van der Waals surface area contributed by atoms with Crippen molar-refractivity contribution in [2.75, 3.05) is 20.2 Å². The molecule has 0 radical (unpaired) electrons. The zero-order valence-corrected chi connectivity index (χ0v) is 16.1. The Kier molecular flexibility index (Phi) is 5.36. The van der Waals surface area contributed by atoms with Crippen LogP contribution in [0.5, 0.6) is 0 Å². The molecule has 0 bridgehead atoms. The van der Waals surface area contributed by atoms with Crippen molar-refractivity contribution >= 4 is 27.6 Å². The highest BCUT2D eigenvalue weighted by Crippen LogP contribution is 2.32. The van der Waals surface area contributed by atoms with Gasteiger partial charge in [-0.15, -0.1) is 0 Å². The summed E-state index contributed by atoms with van der Waals surface area (Å²) in [6.07, 6.45) is 5.25. The van der Waals surface area contributed by atoms with Crippen molar-refractivity contribution < 1.29 is 17.9 Å². The average molecular weight is 398 g/mol. The molecule has 0 N–H and O–H groups in total. The number of rotatable bonds is 4. The first-order chi connectivity index (χ1) is 12.3. The molecule has 0 aliphatic carbocycles. The van der Waals surface area contributed by atoms with E-state index in [1.165, 1.54) is 29.6 Å². The number of hydrogen-bond donors (Lipinski definition) is 0. The van der Waals surface area contributed by atoms with Crippen molar-refractivity contribution in [3.05, 3.63) is 46.7 Å². The molecule has 0 amide bonds. The first-order valence-corrected chi connectivity index (χ1v) is 10.0. The van der Waals surface area contributed by atoms with E-state index in [9.17, 15) is 13.2 Å². The van der Waals surface area contributed by atoms with Gasteiger partial charge in [0.1, 0.15) is 4.90 Å². The quantitative estimate of drug-likeness (QED) is 0.740. The Morgan fingerprint density at radius 1 is 1.31 bits per heavy atom. The van der Waals surface area contributed by atoms with Gasteiger partial charge in [0.25, 0.3) is 0 Å². The Balaban J connectivity index is 1.76. The minimum Gasteiger partial charge on any atom is -0.465 e. The number of ether oxygens (including phenoxy) is 1. The first-order valence-electron chi connectivity index (χ1n) is 8.19. The second kappa shape index (κ2) is 7.38. The molecule has 1 fully saturated rings. The molecule has 3 rings (SSSR count). The van der Waals surface area contributed by atoms with E-state index in [1.54, 1.807) is 4.68 Å². The molecule has 9 heteroatoms. The number of carbonyl (C=O) groups is 1. The molecule has 26 heavy (non-hydrogen) atoms. The van der Waals surface area contributed by atoms with E-state index in [0.29, 0.717) is 19.0 Å².